The standard InChI is InChI=1S/C21H19N7O4/c1-3-32-15-10-12(7-8-14(15)29)19-16-17(11-5-4-6-13(9-11)31-2)23-24-20(30)18(16)22-21-25-26-27-28(19)21/h4-10,19,29H,3H2,1-2H3,(H,24,30)(H,22,25,27)/t19-/m0/s1. The predicted molar refractivity (Wildman–Crippen MR) is 114 cm³/mol. The van der Waals surface area contributed by atoms with Crippen molar-refractivity contribution in [1.29, 1.82) is 0 Å². The summed E-state index contributed by atoms with van der Waals surface area (Å²) in [5.74, 6) is 1.29. The van der Waals surface area contributed by atoms with Gasteiger partial charge in [-0.2, -0.15) is 9.78 Å². The third-order valence-corrected chi connectivity index (χ3v) is 5.21. The molecule has 1 atom stereocenters. The lowest BCUT2D eigenvalue weighted by Gasteiger charge is -2.28. The molecule has 2 aromatic carbocycles. The van der Waals surface area contributed by atoms with E-state index in [4.69, 9.17) is 9.47 Å². The number of ether oxygens (including phenoxy) is 2. The molecule has 1 aliphatic heterocycles. The highest BCUT2D eigenvalue weighted by molar-refractivity contribution is 5.76. The van der Waals surface area contributed by atoms with Crippen LogP contribution in [0, 0.1) is 0 Å². The van der Waals surface area contributed by atoms with Gasteiger partial charge in [-0.25, -0.2) is 5.10 Å². The highest BCUT2D eigenvalue weighted by Gasteiger charge is 2.34. The third kappa shape index (κ3) is 3.11. The molecule has 4 aromatic rings. The van der Waals surface area contributed by atoms with Gasteiger partial charge in [-0.3, -0.25) is 4.79 Å². The summed E-state index contributed by atoms with van der Waals surface area (Å²) in [7, 11) is 1.58. The van der Waals surface area contributed by atoms with Gasteiger partial charge in [0.1, 0.15) is 17.5 Å². The Balaban J connectivity index is 1.78. The Morgan fingerprint density at radius 3 is 2.91 bits per heavy atom. The fraction of sp³-hybridized carbons (Fsp3) is 0.190. The number of tetrazole rings is 1. The lowest BCUT2D eigenvalue weighted by Crippen LogP contribution is -2.29. The Bertz CT molecular complexity index is 1360. The van der Waals surface area contributed by atoms with Gasteiger partial charge in [0, 0.05) is 11.1 Å². The van der Waals surface area contributed by atoms with Crippen LogP contribution in [0.2, 0.25) is 0 Å². The van der Waals surface area contributed by atoms with Crippen molar-refractivity contribution in [2.75, 3.05) is 19.0 Å². The van der Waals surface area contributed by atoms with E-state index < -0.39 is 11.6 Å². The minimum Gasteiger partial charge on any atom is -0.504 e. The van der Waals surface area contributed by atoms with Gasteiger partial charge in [-0.15, -0.1) is 0 Å². The number of methoxy groups -OCH3 is 1. The summed E-state index contributed by atoms with van der Waals surface area (Å²) in [6.45, 7) is 2.21. The molecule has 0 saturated heterocycles. The number of benzene rings is 2. The van der Waals surface area contributed by atoms with Crippen LogP contribution in [0.3, 0.4) is 0 Å². The van der Waals surface area contributed by atoms with Gasteiger partial charge in [0.15, 0.2) is 11.5 Å². The minimum atomic E-state index is -0.605. The molecule has 162 valence electrons. The number of aromatic amines is 1. The second kappa shape index (κ2) is 7.69. The average molecular weight is 433 g/mol. The smallest absolute Gasteiger partial charge is 0.288 e. The van der Waals surface area contributed by atoms with Gasteiger partial charge in [-0.05, 0) is 47.2 Å². The molecule has 32 heavy (non-hydrogen) atoms. The lowest BCUT2D eigenvalue weighted by atomic mass is 9.92. The Morgan fingerprint density at radius 2 is 2.09 bits per heavy atom. The van der Waals surface area contributed by atoms with Crippen molar-refractivity contribution >= 4 is 11.6 Å². The molecule has 0 amide bonds. The number of nitrogens with one attached hydrogen (secondary N) is 2. The van der Waals surface area contributed by atoms with Crippen LogP contribution in [-0.4, -0.2) is 49.2 Å². The van der Waals surface area contributed by atoms with Crippen molar-refractivity contribution < 1.29 is 14.6 Å². The van der Waals surface area contributed by atoms with Gasteiger partial charge in [0.25, 0.3) is 5.56 Å². The quantitative estimate of drug-likeness (QED) is 0.380. The molecule has 3 N–H and O–H groups in total. The third-order valence-electron chi connectivity index (χ3n) is 5.21. The zero-order chi connectivity index (χ0) is 22.2. The van der Waals surface area contributed by atoms with Crippen LogP contribution in [0.4, 0.5) is 11.6 Å². The number of phenols is 1. The monoisotopic (exact) mass is 433 g/mol. The van der Waals surface area contributed by atoms with Gasteiger partial charge >= 0.3 is 0 Å². The lowest BCUT2D eigenvalue weighted by molar-refractivity contribution is 0.317. The summed E-state index contributed by atoms with van der Waals surface area (Å²) < 4.78 is 12.5. The molecule has 0 aliphatic carbocycles. The van der Waals surface area contributed by atoms with Crippen LogP contribution in [-0.2, 0) is 0 Å². The second-order valence-electron chi connectivity index (χ2n) is 7.06. The maximum absolute atomic E-state index is 12.8. The molecule has 0 spiro atoms. The van der Waals surface area contributed by atoms with Crippen molar-refractivity contribution in [3.8, 4) is 28.5 Å². The average Bonchev–Trinajstić information content (AvgIpc) is 3.28. The Labute approximate surface area is 181 Å². The van der Waals surface area contributed by atoms with Crippen LogP contribution >= 0.6 is 0 Å². The molecule has 11 heteroatoms. The van der Waals surface area contributed by atoms with Crippen molar-refractivity contribution in [1.82, 2.24) is 30.4 Å². The number of hydrogen-bond acceptors (Lipinski definition) is 9. The summed E-state index contributed by atoms with van der Waals surface area (Å²) in [6.07, 6.45) is 0. The first-order chi connectivity index (χ1) is 15.6. The van der Waals surface area contributed by atoms with E-state index in [0.29, 0.717) is 40.9 Å². The van der Waals surface area contributed by atoms with E-state index in [2.05, 4.69) is 31.0 Å². The Kier molecular flexibility index (Phi) is 4.70. The van der Waals surface area contributed by atoms with Crippen LogP contribution in [0.5, 0.6) is 17.2 Å². The number of aromatic hydroxyl groups is 1. The van der Waals surface area contributed by atoms with Crippen molar-refractivity contribution in [3.05, 3.63) is 63.9 Å². The van der Waals surface area contributed by atoms with Crippen LogP contribution in [0.25, 0.3) is 11.3 Å². The van der Waals surface area contributed by atoms with Gasteiger partial charge in [-0.1, -0.05) is 23.3 Å². The zero-order valence-corrected chi connectivity index (χ0v) is 17.2. The van der Waals surface area contributed by atoms with Gasteiger partial charge in [0.05, 0.1) is 19.4 Å². The van der Waals surface area contributed by atoms with Crippen molar-refractivity contribution in [2.45, 2.75) is 13.0 Å². The molecule has 0 bridgehead atoms. The van der Waals surface area contributed by atoms with Crippen LogP contribution in [0.1, 0.15) is 24.1 Å². The largest absolute Gasteiger partial charge is 0.504 e. The van der Waals surface area contributed by atoms with E-state index in [-0.39, 0.29) is 11.4 Å². The topological polar surface area (TPSA) is 140 Å². The number of anilines is 2. The van der Waals surface area contributed by atoms with Gasteiger partial charge in [0.2, 0.25) is 5.95 Å². The summed E-state index contributed by atoms with van der Waals surface area (Å²) in [4.78, 5) is 12.8. The van der Waals surface area contributed by atoms with Crippen molar-refractivity contribution in [3.63, 3.8) is 0 Å². The fourth-order valence-electron chi connectivity index (χ4n) is 3.81. The molecule has 0 radical (unpaired) electrons. The molecule has 0 saturated carbocycles. The van der Waals surface area contributed by atoms with E-state index >= 15 is 0 Å². The van der Waals surface area contributed by atoms with Gasteiger partial charge < -0.3 is 19.9 Å². The second-order valence-corrected chi connectivity index (χ2v) is 7.06. The number of fused-ring (bicyclic) bond motifs is 2. The number of nitrogens with zero attached hydrogens (tertiary/aromatic N) is 5. The van der Waals surface area contributed by atoms with Crippen molar-refractivity contribution in [2.24, 2.45) is 0 Å². The molecule has 5 rings (SSSR count). The van der Waals surface area contributed by atoms with Crippen LogP contribution < -0.4 is 20.3 Å². The summed E-state index contributed by atoms with van der Waals surface area (Å²) in [5.41, 5.74) is 2.44. The number of aromatic nitrogens is 6. The first kappa shape index (κ1) is 19.5. The molecule has 0 fully saturated rings. The number of H-pyrrole nitrogens is 1. The van der Waals surface area contributed by atoms with Crippen LogP contribution in [0.15, 0.2) is 47.3 Å². The Morgan fingerprint density at radius 1 is 1.22 bits per heavy atom. The summed E-state index contributed by atoms with van der Waals surface area (Å²) in [5, 5.41) is 32.0. The van der Waals surface area contributed by atoms with E-state index in [1.54, 1.807) is 23.9 Å². The summed E-state index contributed by atoms with van der Waals surface area (Å²) >= 11 is 0. The highest BCUT2D eigenvalue weighted by atomic mass is 16.5. The minimum absolute atomic E-state index is 0.0127. The van der Waals surface area contributed by atoms with E-state index in [9.17, 15) is 9.90 Å². The number of rotatable bonds is 5. The van der Waals surface area contributed by atoms with E-state index in [1.807, 2.05) is 31.2 Å². The maximum atomic E-state index is 12.8. The predicted octanol–water partition coefficient (Wildman–Crippen LogP) is 2.23. The first-order valence-corrected chi connectivity index (χ1v) is 9.88. The number of phenolic OH excluding ortho intramolecular Hbond substituents is 1. The summed E-state index contributed by atoms with van der Waals surface area (Å²) in [6, 6.07) is 11.7. The normalized spacial score (nSPS) is 14.2. The van der Waals surface area contributed by atoms with E-state index in [1.165, 1.54) is 6.07 Å². The SMILES string of the molecule is CCOc1cc([C@H]2c3c(-c4cccc(OC)c4)n[nH]c(=O)c3Nc3nnnn32)ccc1O. The highest BCUT2D eigenvalue weighted by Crippen LogP contribution is 2.43. The first-order valence-electron chi connectivity index (χ1n) is 9.88. The number of hydrogen-bond donors (Lipinski definition) is 3. The molecular weight excluding hydrogens is 414 g/mol. The van der Waals surface area contributed by atoms with E-state index in [0.717, 1.165) is 5.56 Å². The maximum Gasteiger partial charge on any atom is 0.288 e. The molecule has 1 aliphatic rings. The molecule has 0 unspecified atom stereocenters. The zero-order valence-electron chi connectivity index (χ0n) is 17.2. The molecule has 11 nitrogen and oxygen atoms in total. The molecule has 3 heterocycles. The molecular formula is C21H19N7O4. The fourth-order valence-corrected chi connectivity index (χ4v) is 3.81. The Hall–Kier alpha value is -4.41. The molecule has 2 aromatic heterocycles.